The highest BCUT2D eigenvalue weighted by atomic mass is 16.3. The van der Waals surface area contributed by atoms with Crippen molar-refractivity contribution in [1.29, 1.82) is 0 Å². The molecule has 34 heavy (non-hydrogen) atoms. The first kappa shape index (κ1) is 33.0. The van der Waals surface area contributed by atoms with Crippen LogP contribution in [0.4, 0.5) is 0 Å². The molecule has 0 aromatic heterocycles. The van der Waals surface area contributed by atoms with Crippen LogP contribution in [-0.2, 0) is 4.79 Å². The van der Waals surface area contributed by atoms with Gasteiger partial charge in [-0.3, -0.25) is 4.79 Å². The van der Waals surface area contributed by atoms with Crippen molar-refractivity contribution in [3.8, 4) is 0 Å². The standard InChI is InChI=1S/C28H55NO5/c1-2-3-4-5-6-7-8-9-10-12-15-18-21-26(32)28(34)25(24-31)29-27(33)22-19-16-13-11-14-17-20-23-30/h19,22,25-26,28,30-32,34H,2-18,20-21,23-24H2,1H3,(H,29,33)/b22-19+/t25-,26+,28-/m0/s1. The first-order valence-electron chi connectivity index (χ1n) is 14.1. The van der Waals surface area contributed by atoms with Gasteiger partial charge in [0, 0.05) is 6.61 Å². The molecule has 1 amide bonds. The first-order chi connectivity index (χ1) is 16.6. The summed E-state index contributed by atoms with van der Waals surface area (Å²) in [6, 6.07) is -0.872. The quantitative estimate of drug-likeness (QED) is 0.0905. The van der Waals surface area contributed by atoms with E-state index >= 15 is 0 Å². The molecule has 0 saturated heterocycles. The first-order valence-corrected chi connectivity index (χ1v) is 14.1. The summed E-state index contributed by atoms with van der Waals surface area (Å²) in [4.78, 5) is 12.1. The van der Waals surface area contributed by atoms with Gasteiger partial charge in [-0.25, -0.2) is 0 Å². The Morgan fingerprint density at radius 3 is 1.76 bits per heavy atom. The lowest BCUT2D eigenvalue weighted by atomic mass is 9.99. The van der Waals surface area contributed by atoms with Gasteiger partial charge in [0.15, 0.2) is 0 Å². The Labute approximate surface area is 209 Å². The molecule has 0 rings (SSSR count). The summed E-state index contributed by atoms with van der Waals surface area (Å²) in [5.41, 5.74) is 0. The lowest BCUT2D eigenvalue weighted by Crippen LogP contribution is -2.50. The summed E-state index contributed by atoms with van der Waals surface area (Å²) in [5, 5.41) is 41.5. The number of nitrogens with one attached hydrogen (secondary N) is 1. The van der Waals surface area contributed by atoms with Crippen LogP contribution in [0.25, 0.3) is 0 Å². The molecular formula is C28H55NO5. The molecular weight excluding hydrogens is 430 g/mol. The van der Waals surface area contributed by atoms with E-state index in [1.807, 2.05) is 0 Å². The Morgan fingerprint density at radius 1 is 0.735 bits per heavy atom. The fraction of sp³-hybridized carbons (Fsp3) is 0.893. The maximum absolute atomic E-state index is 12.1. The Bertz CT molecular complexity index is 472. The van der Waals surface area contributed by atoms with Crippen LogP contribution >= 0.6 is 0 Å². The fourth-order valence-corrected chi connectivity index (χ4v) is 4.20. The summed E-state index contributed by atoms with van der Waals surface area (Å²) >= 11 is 0. The number of hydrogen-bond acceptors (Lipinski definition) is 5. The average Bonchev–Trinajstić information content (AvgIpc) is 2.84. The molecule has 0 aliphatic carbocycles. The van der Waals surface area contributed by atoms with Gasteiger partial charge in [0.25, 0.3) is 0 Å². The summed E-state index contributed by atoms with van der Waals surface area (Å²) in [7, 11) is 0. The largest absolute Gasteiger partial charge is 0.396 e. The molecule has 0 saturated carbocycles. The van der Waals surface area contributed by atoms with E-state index in [2.05, 4.69) is 12.2 Å². The zero-order valence-corrected chi connectivity index (χ0v) is 21.9. The van der Waals surface area contributed by atoms with E-state index in [4.69, 9.17) is 5.11 Å². The van der Waals surface area contributed by atoms with E-state index in [9.17, 15) is 20.1 Å². The van der Waals surface area contributed by atoms with Crippen molar-refractivity contribution in [3.63, 3.8) is 0 Å². The molecule has 0 radical (unpaired) electrons. The number of aliphatic hydroxyl groups is 4. The smallest absolute Gasteiger partial charge is 0.244 e. The number of amides is 1. The van der Waals surface area contributed by atoms with Crippen LogP contribution in [0.1, 0.15) is 129 Å². The van der Waals surface area contributed by atoms with Gasteiger partial charge in [-0.2, -0.15) is 0 Å². The van der Waals surface area contributed by atoms with Gasteiger partial charge in [0.05, 0.1) is 18.8 Å². The van der Waals surface area contributed by atoms with Gasteiger partial charge in [-0.1, -0.05) is 109 Å². The molecule has 0 aromatic carbocycles. The number of hydrogen-bond donors (Lipinski definition) is 5. The lowest BCUT2D eigenvalue weighted by Gasteiger charge is -2.26. The summed E-state index contributed by atoms with van der Waals surface area (Å²) < 4.78 is 0. The molecule has 0 spiro atoms. The van der Waals surface area contributed by atoms with E-state index in [-0.39, 0.29) is 12.5 Å². The van der Waals surface area contributed by atoms with Gasteiger partial charge < -0.3 is 25.7 Å². The number of unbranched alkanes of at least 4 members (excludes halogenated alkanes) is 16. The topological polar surface area (TPSA) is 110 Å². The normalized spacial score (nSPS) is 14.4. The van der Waals surface area contributed by atoms with Crippen molar-refractivity contribution in [1.82, 2.24) is 5.32 Å². The monoisotopic (exact) mass is 485 g/mol. The number of allylic oxidation sites excluding steroid dienone is 1. The van der Waals surface area contributed by atoms with E-state index in [1.54, 1.807) is 6.08 Å². The van der Waals surface area contributed by atoms with Gasteiger partial charge in [0.1, 0.15) is 6.10 Å². The van der Waals surface area contributed by atoms with Crippen molar-refractivity contribution < 1.29 is 25.2 Å². The molecule has 0 unspecified atom stereocenters. The highest BCUT2D eigenvalue weighted by molar-refractivity contribution is 5.87. The fourth-order valence-electron chi connectivity index (χ4n) is 4.20. The lowest BCUT2D eigenvalue weighted by molar-refractivity contribution is -0.119. The Balaban J connectivity index is 3.84. The highest BCUT2D eigenvalue weighted by Crippen LogP contribution is 2.14. The maximum Gasteiger partial charge on any atom is 0.244 e. The predicted molar refractivity (Wildman–Crippen MR) is 141 cm³/mol. The zero-order chi connectivity index (χ0) is 25.3. The molecule has 0 aromatic rings. The molecule has 3 atom stereocenters. The van der Waals surface area contributed by atoms with Crippen molar-refractivity contribution in [2.24, 2.45) is 0 Å². The van der Waals surface area contributed by atoms with Crippen LogP contribution in [0.15, 0.2) is 12.2 Å². The molecule has 0 fully saturated rings. The van der Waals surface area contributed by atoms with Gasteiger partial charge in [0.2, 0.25) is 5.91 Å². The van der Waals surface area contributed by atoms with Crippen molar-refractivity contribution in [2.75, 3.05) is 13.2 Å². The number of carbonyl (C=O) groups excluding carboxylic acids is 1. The van der Waals surface area contributed by atoms with Crippen molar-refractivity contribution >= 4 is 5.91 Å². The second-order valence-electron chi connectivity index (χ2n) is 9.72. The minimum absolute atomic E-state index is 0.242. The third kappa shape index (κ3) is 20.4. The Kier molecular flexibility index (Phi) is 24.4. The molecule has 5 N–H and O–H groups in total. The van der Waals surface area contributed by atoms with Gasteiger partial charge in [-0.15, -0.1) is 0 Å². The SMILES string of the molecule is CCCCCCCCCCCCCC[C@@H](O)[C@@H](O)[C@H](CO)NC(=O)/C=C/CCCCCCCO. The van der Waals surface area contributed by atoms with E-state index in [1.165, 1.54) is 63.9 Å². The third-order valence-corrected chi connectivity index (χ3v) is 6.48. The van der Waals surface area contributed by atoms with Crippen LogP contribution in [-0.4, -0.2) is 57.8 Å². The van der Waals surface area contributed by atoms with Crippen molar-refractivity contribution in [2.45, 2.75) is 147 Å². The zero-order valence-electron chi connectivity index (χ0n) is 21.9. The summed E-state index contributed by atoms with van der Waals surface area (Å²) in [6.45, 7) is 2.07. The summed E-state index contributed by atoms with van der Waals surface area (Å²) in [6.07, 6.45) is 22.2. The molecule has 0 heterocycles. The third-order valence-electron chi connectivity index (χ3n) is 6.48. The molecule has 0 aliphatic rings. The molecule has 6 heteroatoms. The van der Waals surface area contributed by atoms with E-state index in [0.29, 0.717) is 6.42 Å². The highest BCUT2D eigenvalue weighted by Gasteiger charge is 2.26. The second-order valence-corrected chi connectivity index (χ2v) is 9.72. The Hall–Kier alpha value is -0.950. The maximum atomic E-state index is 12.1. The molecule has 0 bridgehead atoms. The number of carbonyl (C=O) groups is 1. The van der Waals surface area contributed by atoms with Gasteiger partial charge in [-0.05, 0) is 31.8 Å². The Morgan fingerprint density at radius 2 is 1.24 bits per heavy atom. The predicted octanol–water partition coefficient (Wildman–Crippen LogP) is 5.17. The summed E-state index contributed by atoms with van der Waals surface area (Å²) in [5.74, 6) is -0.365. The van der Waals surface area contributed by atoms with Crippen LogP contribution in [0.2, 0.25) is 0 Å². The van der Waals surface area contributed by atoms with E-state index < -0.39 is 24.9 Å². The number of aliphatic hydroxyl groups excluding tert-OH is 4. The van der Waals surface area contributed by atoms with Crippen LogP contribution in [0.5, 0.6) is 0 Å². The minimum atomic E-state index is -1.18. The average molecular weight is 486 g/mol. The van der Waals surface area contributed by atoms with Crippen LogP contribution < -0.4 is 5.32 Å². The second kappa shape index (κ2) is 25.2. The number of rotatable bonds is 25. The van der Waals surface area contributed by atoms with E-state index in [0.717, 1.165) is 57.8 Å². The van der Waals surface area contributed by atoms with Gasteiger partial charge >= 0.3 is 0 Å². The molecule has 202 valence electrons. The van der Waals surface area contributed by atoms with Crippen LogP contribution in [0.3, 0.4) is 0 Å². The van der Waals surface area contributed by atoms with Crippen LogP contribution in [0, 0.1) is 0 Å². The molecule has 0 aliphatic heterocycles. The minimum Gasteiger partial charge on any atom is -0.396 e. The van der Waals surface area contributed by atoms with Crippen molar-refractivity contribution in [3.05, 3.63) is 12.2 Å². The molecule has 6 nitrogen and oxygen atoms in total.